The zero-order chi connectivity index (χ0) is 29.7. The molecule has 0 radical (unpaired) electrons. The van der Waals surface area contributed by atoms with Crippen molar-refractivity contribution in [3.8, 4) is 16.9 Å². The zero-order valence-corrected chi connectivity index (χ0v) is 23.0. The minimum absolute atomic E-state index is 0.0719. The Labute approximate surface area is 242 Å². The van der Waals surface area contributed by atoms with E-state index in [1.807, 2.05) is 37.3 Å². The van der Waals surface area contributed by atoms with Gasteiger partial charge in [-0.15, -0.1) is 0 Å². The highest BCUT2D eigenvalue weighted by molar-refractivity contribution is 5.80. The second-order valence-corrected chi connectivity index (χ2v) is 10.5. The van der Waals surface area contributed by atoms with Crippen LogP contribution >= 0.6 is 0 Å². The first-order chi connectivity index (χ1) is 20.3. The van der Waals surface area contributed by atoms with Crippen molar-refractivity contribution >= 4 is 18.0 Å². The van der Waals surface area contributed by atoms with Gasteiger partial charge in [-0.1, -0.05) is 66.7 Å². The Balaban J connectivity index is 1.46. The number of likely N-dealkylation sites (tertiary alicyclic amines) is 1. The van der Waals surface area contributed by atoms with Crippen molar-refractivity contribution in [2.45, 2.75) is 44.0 Å². The smallest absolute Gasteiger partial charge is 0.410 e. The van der Waals surface area contributed by atoms with E-state index < -0.39 is 29.5 Å². The van der Waals surface area contributed by atoms with Gasteiger partial charge in [0.25, 0.3) is 0 Å². The van der Waals surface area contributed by atoms with Crippen LogP contribution < -0.4 is 10.1 Å². The van der Waals surface area contributed by atoms with Crippen LogP contribution in [0.1, 0.15) is 24.5 Å². The van der Waals surface area contributed by atoms with Crippen LogP contribution in [0.25, 0.3) is 11.1 Å². The number of carboxylic acid groups (broad SMARTS) is 1. The van der Waals surface area contributed by atoms with Gasteiger partial charge in [0.15, 0.2) is 0 Å². The first-order valence-corrected chi connectivity index (χ1v) is 13.6. The average Bonchev–Trinajstić information content (AvgIpc) is 3.22. The van der Waals surface area contributed by atoms with Crippen LogP contribution in [0, 0.1) is 5.82 Å². The van der Waals surface area contributed by atoms with Crippen molar-refractivity contribution in [3.05, 3.63) is 102 Å². The number of aliphatic carboxylic acids is 1. The number of benzene rings is 3. The molecular formula is C32H31FN2O7. The van der Waals surface area contributed by atoms with Gasteiger partial charge in [-0.05, 0) is 37.0 Å². The SMILES string of the molecule is C[C@@H]1CC2(COCC(=O)N2)C(Cc2cccc(-c3ccccc3OC=CC(=O)O)c2F)N1C(=O)OCc1ccccc1. The van der Waals surface area contributed by atoms with Gasteiger partial charge in [0.2, 0.25) is 5.91 Å². The summed E-state index contributed by atoms with van der Waals surface area (Å²) in [6.07, 6.45) is 1.80. The number of ether oxygens (including phenoxy) is 3. The average molecular weight is 575 g/mol. The van der Waals surface area contributed by atoms with E-state index in [0.717, 1.165) is 17.9 Å². The van der Waals surface area contributed by atoms with Crippen LogP contribution in [0.2, 0.25) is 0 Å². The van der Waals surface area contributed by atoms with Crippen molar-refractivity contribution in [2.24, 2.45) is 0 Å². The second kappa shape index (κ2) is 12.4. The van der Waals surface area contributed by atoms with Crippen LogP contribution in [0.15, 0.2) is 85.1 Å². The molecule has 5 rings (SSSR count). The highest BCUT2D eigenvalue weighted by Gasteiger charge is 2.55. The van der Waals surface area contributed by atoms with E-state index in [2.05, 4.69) is 5.32 Å². The van der Waals surface area contributed by atoms with Crippen LogP contribution in [0.5, 0.6) is 5.75 Å². The number of halogens is 1. The predicted octanol–water partition coefficient (Wildman–Crippen LogP) is 4.70. The molecule has 3 atom stereocenters. The number of para-hydroxylation sites is 1. The summed E-state index contributed by atoms with van der Waals surface area (Å²) in [6.45, 7) is 2.03. The Morgan fingerprint density at radius 3 is 2.60 bits per heavy atom. The molecule has 3 aromatic carbocycles. The van der Waals surface area contributed by atoms with Crippen molar-refractivity contribution in [1.82, 2.24) is 10.2 Å². The highest BCUT2D eigenvalue weighted by atomic mass is 19.1. The maximum atomic E-state index is 16.2. The lowest BCUT2D eigenvalue weighted by Crippen LogP contribution is -2.64. The Hall–Kier alpha value is -4.70. The van der Waals surface area contributed by atoms with E-state index in [1.54, 1.807) is 47.4 Å². The van der Waals surface area contributed by atoms with Gasteiger partial charge in [-0.3, -0.25) is 9.69 Å². The Morgan fingerprint density at radius 2 is 1.83 bits per heavy atom. The number of morpholine rings is 1. The molecule has 2 amide bonds. The van der Waals surface area contributed by atoms with Gasteiger partial charge in [-0.25, -0.2) is 14.0 Å². The molecule has 2 fully saturated rings. The Kier molecular flexibility index (Phi) is 8.53. The summed E-state index contributed by atoms with van der Waals surface area (Å²) >= 11 is 0. The van der Waals surface area contributed by atoms with Crippen LogP contribution in [0.3, 0.4) is 0 Å². The maximum absolute atomic E-state index is 16.2. The first kappa shape index (κ1) is 28.8. The standard InChI is InChI=1S/C32H31FN2O7/c1-21-17-32(20-40-19-28(36)34-32)27(35(21)31(39)42-18-22-8-3-2-4-9-22)16-23-10-7-12-25(30(23)33)24-11-5-6-13-26(24)41-15-14-29(37)38/h2-15,21,27H,16-20H2,1H3,(H,34,36)(H,37,38)/t21-,27?,32?/m1/s1. The first-order valence-electron chi connectivity index (χ1n) is 13.6. The molecule has 3 aromatic rings. The lowest BCUT2D eigenvalue weighted by molar-refractivity contribution is -0.136. The number of hydrogen-bond donors (Lipinski definition) is 2. The molecule has 2 heterocycles. The van der Waals surface area contributed by atoms with E-state index >= 15 is 4.39 Å². The summed E-state index contributed by atoms with van der Waals surface area (Å²) in [5.74, 6) is -1.72. The van der Waals surface area contributed by atoms with E-state index in [1.165, 1.54) is 0 Å². The number of carbonyl (C=O) groups is 3. The van der Waals surface area contributed by atoms with Crippen molar-refractivity contribution in [2.75, 3.05) is 13.2 Å². The largest absolute Gasteiger partial charge is 0.478 e. The number of amides is 2. The molecule has 0 aliphatic carbocycles. The van der Waals surface area contributed by atoms with E-state index in [0.29, 0.717) is 17.5 Å². The predicted molar refractivity (Wildman–Crippen MR) is 151 cm³/mol. The molecule has 2 aliphatic heterocycles. The molecule has 218 valence electrons. The number of nitrogens with one attached hydrogen (secondary N) is 1. The van der Waals surface area contributed by atoms with E-state index in [4.69, 9.17) is 19.3 Å². The summed E-state index contributed by atoms with van der Waals surface area (Å²) < 4.78 is 33.1. The fraction of sp³-hybridized carbons (Fsp3) is 0.281. The van der Waals surface area contributed by atoms with Gasteiger partial charge in [0.05, 0.1) is 30.5 Å². The maximum Gasteiger partial charge on any atom is 0.410 e. The van der Waals surface area contributed by atoms with E-state index in [9.17, 15) is 14.4 Å². The molecule has 2 saturated heterocycles. The number of carboxylic acids is 1. The molecule has 0 aromatic heterocycles. The molecule has 1 spiro atoms. The molecule has 2 aliphatic rings. The van der Waals surface area contributed by atoms with Crippen molar-refractivity contribution < 1.29 is 38.1 Å². The van der Waals surface area contributed by atoms with Crippen LogP contribution in [0.4, 0.5) is 9.18 Å². The third-order valence-electron chi connectivity index (χ3n) is 7.58. The Morgan fingerprint density at radius 1 is 1.10 bits per heavy atom. The summed E-state index contributed by atoms with van der Waals surface area (Å²) in [4.78, 5) is 38.4. The molecular weight excluding hydrogens is 543 g/mol. The third-order valence-corrected chi connectivity index (χ3v) is 7.58. The topological polar surface area (TPSA) is 114 Å². The monoisotopic (exact) mass is 574 g/mol. The highest BCUT2D eigenvalue weighted by Crippen LogP contribution is 2.40. The fourth-order valence-corrected chi connectivity index (χ4v) is 5.81. The number of rotatable bonds is 8. The van der Waals surface area contributed by atoms with Gasteiger partial charge in [0, 0.05) is 17.2 Å². The van der Waals surface area contributed by atoms with Crippen molar-refractivity contribution in [3.63, 3.8) is 0 Å². The van der Waals surface area contributed by atoms with Gasteiger partial charge >= 0.3 is 12.1 Å². The summed E-state index contributed by atoms with van der Waals surface area (Å²) in [5.41, 5.74) is 0.897. The van der Waals surface area contributed by atoms with Gasteiger partial charge in [-0.2, -0.15) is 0 Å². The fourth-order valence-electron chi connectivity index (χ4n) is 5.81. The molecule has 0 saturated carbocycles. The van der Waals surface area contributed by atoms with Crippen molar-refractivity contribution in [1.29, 1.82) is 0 Å². The van der Waals surface area contributed by atoms with Gasteiger partial charge in [0.1, 0.15) is 24.8 Å². The Bertz CT molecular complexity index is 1500. The van der Waals surface area contributed by atoms with E-state index in [-0.39, 0.29) is 49.5 Å². The quantitative estimate of drug-likeness (QED) is 0.296. The third kappa shape index (κ3) is 6.13. The molecule has 42 heavy (non-hydrogen) atoms. The molecule has 2 N–H and O–H groups in total. The number of carbonyl (C=O) groups excluding carboxylic acids is 2. The summed E-state index contributed by atoms with van der Waals surface area (Å²) in [7, 11) is 0. The zero-order valence-electron chi connectivity index (χ0n) is 23.0. The minimum atomic E-state index is -1.17. The second-order valence-electron chi connectivity index (χ2n) is 10.5. The molecule has 2 unspecified atom stereocenters. The minimum Gasteiger partial charge on any atom is -0.478 e. The number of hydrogen-bond acceptors (Lipinski definition) is 6. The van der Waals surface area contributed by atoms with Crippen LogP contribution in [-0.2, 0) is 32.1 Å². The molecule has 9 nitrogen and oxygen atoms in total. The lowest BCUT2D eigenvalue weighted by Gasteiger charge is -2.41. The van der Waals surface area contributed by atoms with Gasteiger partial charge < -0.3 is 24.6 Å². The normalized spacial score (nSPS) is 21.9. The molecule has 10 heteroatoms. The van der Waals surface area contributed by atoms with Crippen LogP contribution in [-0.4, -0.2) is 58.8 Å². The lowest BCUT2D eigenvalue weighted by atomic mass is 9.84. The molecule has 0 bridgehead atoms. The summed E-state index contributed by atoms with van der Waals surface area (Å²) in [6, 6.07) is 20.0. The number of nitrogens with zero attached hydrogens (tertiary/aromatic N) is 1. The summed E-state index contributed by atoms with van der Waals surface area (Å²) in [5, 5.41) is 11.9.